The molecule has 0 amide bonds. The summed E-state index contributed by atoms with van der Waals surface area (Å²) in [7, 11) is 0. The van der Waals surface area contributed by atoms with E-state index in [0.29, 0.717) is 39.6 Å². The molecule has 6 nitrogen and oxygen atoms in total. The lowest BCUT2D eigenvalue weighted by Gasteiger charge is -2.22. The normalized spacial score (nSPS) is 19.7. The first kappa shape index (κ1) is 23.8. The third-order valence-electron chi connectivity index (χ3n) is 4.41. The van der Waals surface area contributed by atoms with Crippen molar-refractivity contribution < 1.29 is 23.7 Å². The van der Waals surface area contributed by atoms with E-state index in [-0.39, 0.29) is 0 Å². The van der Waals surface area contributed by atoms with E-state index < -0.39 is 0 Å². The van der Waals surface area contributed by atoms with Gasteiger partial charge in [-0.15, -0.1) is 0 Å². The molecule has 156 valence electrons. The van der Waals surface area contributed by atoms with E-state index in [2.05, 4.69) is 11.8 Å². The SMILES string of the molecule is CCCCCCCCOCCN1CCOCCOCCOCCOCC1. The van der Waals surface area contributed by atoms with Crippen LogP contribution in [-0.2, 0) is 23.7 Å². The van der Waals surface area contributed by atoms with Gasteiger partial charge in [-0.3, -0.25) is 4.90 Å². The molecule has 0 aliphatic carbocycles. The highest BCUT2D eigenvalue weighted by Gasteiger charge is 2.06. The van der Waals surface area contributed by atoms with E-state index in [1.54, 1.807) is 0 Å². The van der Waals surface area contributed by atoms with E-state index in [1.165, 1.54) is 38.5 Å². The summed E-state index contributed by atoms with van der Waals surface area (Å²) in [5.74, 6) is 0. The Morgan fingerprint density at radius 1 is 0.615 bits per heavy atom. The lowest BCUT2D eigenvalue weighted by molar-refractivity contribution is 0.00206. The Labute approximate surface area is 160 Å². The van der Waals surface area contributed by atoms with Crippen LogP contribution in [-0.4, -0.2) is 90.6 Å². The number of unbranched alkanes of at least 4 members (excludes halogenated alkanes) is 5. The first-order valence-corrected chi connectivity index (χ1v) is 10.5. The topological polar surface area (TPSA) is 49.4 Å². The Balaban J connectivity index is 2.07. The Morgan fingerprint density at radius 3 is 1.69 bits per heavy atom. The summed E-state index contributed by atoms with van der Waals surface area (Å²) in [6, 6.07) is 0. The van der Waals surface area contributed by atoms with Gasteiger partial charge in [0.1, 0.15) is 0 Å². The number of ether oxygens (including phenoxy) is 5. The zero-order chi connectivity index (χ0) is 18.5. The highest BCUT2D eigenvalue weighted by Crippen LogP contribution is 2.04. The Bertz CT molecular complexity index is 265. The van der Waals surface area contributed by atoms with Crippen LogP contribution in [0.2, 0.25) is 0 Å². The first-order valence-electron chi connectivity index (χ1n) is 10.5. The fourth-order valence-corrected chi connectivity index (χ4v) is 2.76. The van der Waals surface area contributed by atoms with Crippen LogP contribution in [0.1, 0.15) is 45.4 Å². The number of nitrogens with zero attached hydrogens (tertiary/aromatic N) is 1. The number of rotatable bonds is 10. The molecular formula is C20H41NO5. The molecule has 0 saturated carbocycles. The van der Waals surface area contributed by atoms with Crippen LogP contribution in [0.4, 0.5) is 0 Å². The maximum atomic E-state index is 5.81. The standard InChI is InChI=1S/C20H41NO5/c1-2-3-4-5-6-7-11-22-12-8-21-9-13-23-15-17-25-19-20-26-18-16-24-14-10-21/h2-20H2,1H3. The summed E-state index contributed by atoms with van der Waals surface area (Å²) in [6.07, 6.45) is 7.83. The summed E-state index contributed by atoms with van der Waals surface area (Å²) < 4.78 is 28.0. The molecule has 0 bridgehead atoms. The van der Waals surface area contributed by atoms with E-state index in [9.17, 15) is 0 Å². The molecule has 1 heterocycles. The first-order chi connectivity index (χ1) is 12.9. The van der Waals surface area contributed by atoms with Gasteiger partial charge in [0, 0.05) is 26.2 Å². The van der Waals surface area contributed by atoms with Crippen LogP contribution in [0.5, 0.6) is 0 Å². The lowest BCUT2D eigenvalue weighted by atomic mass is 10.1. The van der Waals surface area contributed by atoms with E-state index in [4.69, 9.17) is 23.7 Å². The van der Waals surface area contributed by atoms with Crippen LogP contribution >= 0.6 is 0 Å². The molecule has 0 N–H and O–H groups in total. The number of hydrogen-bond donors (Lipinski definition) is 0. The third kappa shape index (κ3) is 16.0. The Kier molecular flexibility index (Phi) is 17.9. The predicted molar refractivity (Wildman–Crippen MR) is 104 cm³/mol. The minimum atomic E-state index is 0.616. The van der Waals surface area contributed by atoms with Crippen LogP contribution in [0.25, 0.3) is 0 Å². The Hall–Kier alpha value is -0.240. The van der Waals surface area contributed by atoms with Gasteiger partial charge in [-0.05, 0) is 6.42 Å². The van der Waals surface area contributed by atoms with Gasteiger partial charge in [0.05, 0.1) is 59.5 Å². The minimum Gasteiger partial charge on any atom is -0.380 e. The average molecular weight is 376 g/mol. The zero-order valence-electron chi connectivity index (χ0n) is 16.9. The lowest BCUT2D eigenvalue weighted by Crippen LogP contribution is -2.34. The monoisotopic (exact) mass is 375 g/mol. The second-order valence-corrected chi connectivity index (χ2v) is 6.67. The van der Waals surface area contributed by atoms with Gasteiger partial charge in [-0.25, -0.2) is 0 Å². The van der Waals surface area contributed by atoms with Gasteiger partial charge in [0.15, 0.2) is 0 Å². The van der Waals surface area contributed by atoms with E-state index in [1.807, 2.05) is 0 Å². The summed E-state index contributed by atoms with van der Waals surface area (Å²) in [4.78, 5) is 2.35. The fraction of sp³-hybridized carbons (Fsp3) is 1.00. The molecule has 1 saturated heterocycles. The molecule has 26 heavy (non-hydrogen) atoms. The molecule has 0 radical (unpaired) electrons. The predicted octanol–water partition coefficient (Wildman–Crippen LogP) is 2.75. The van der Waals surface area contributed by atoms with Gasteiger partial charge >= 0.3 is 0 Å². The van der Waals surface area contributed by atoms with Crippen molar-refractivity contribution in [3.05, 3.63) is 0 Å². The summed E-state index contributed by atoms with van der Waals surface area (Å²) in [5, 5.41) is 0. The van der Waals surface area contributed by atoms with Crippen LogP contribution in [0.15, 0.2) is 0 Å². The van der Waals surface area contributed by atoms with E-state index in [0.717, 1.165) is 46.1 Å². The largest absolute Gasteiger partial charge is 0.380 e. The van der Waals surface area contributed by atoms with Gasteiger partial charge < -0.3 is 23.7 Å². The van der Waals surface area contributed by atoms with Gasteiger partial charge in [0.25, 0.3) is 0 Å². The number of hydrogen-bond acceptors (Lipinski definition) is 6. The second kappa shape index (κ2) is 19.5. The average Bonchev–Trinajstić information content (AvgIpc) is 2.66. The van der Waals surface area contributed by atoms with Crippen molar-refractivity contribution in [2.75, 3.05) is 85.7 Å². The van der Waals surface area contributed by atoms with Crippen molar-refractivity contribution in [3.63, 3.8) is 0 Å². The molecule has 0 aromatic carbocycles. The quantitative estimate of drug-likeness (QED) is 0.547. The third-order valence-corrected chi connectivity index (χ3v) is 4.41. The molecule has 1 fully saturated rings. The molecule has 0 aromatic heterocycles. The second-order valence-electron chi connectivity index (χ2n) is 6.67. The molecular weight excluding hydrogens is 334 g/mol. The van der Waals surface area contributed by atoms with Gasteiger partial charge in [0.2, 0.25) is 0 Å². The highest BCUT2D eigenvalue weighted by molar-refractivity contribution is 4.57. The molecule has 6 heteroatoms. The highest BCUT2D eigenvalue weighted by atomic mass is 16.6. The van der Waals surface area contributed by atoms with Crippen molar-refractivity contribution in [1.82, 2.24) is 4.90 Å². The molecule has 1 aliphatic rings. The van der Waals surface area contributed by atoms with Gasteiger partial charge in [-0.1, -0.05) is 39.0 Å². The van der Waals surface area contributed by atoms with Crippen LogP contribution < -0.4 is 0 Å². The molecule has 1 rings (SSSR count). The molecule has 0 aromatic rings. The summed E-state index contributed by atoms with van der Waals surface area (Å²) in [5.41, 5.74) is 0. The van der Waals surface area contributed by atoms with E-state index >= 15 is 0 Å². The summed E-state index contributed by atoms with van der Waals surface area (Å²) >= 11 is 0. The van der Waals surface area contributed by atoms with Gasteiger partial charge in [-0.2, -0.15) is 0 Å². The summed E-state index contributed by atoms with van der Waals surface area (Å²) in [6.45, 7) is 11.8. The maximum absolute atomic E-state index is 5.81. The van der Waals surface area contributed by atoms with Crippen LogP contribution in [0, 0.1) is 0 Å². The molecule has 0 atom stereocenters. The minimum absolute atomic E-state index is 0.616. The van der Waals surface area contributed by atoms with Crippen molar-refractivity contribution in [2.24, 2.45) is 0 Å². The van der Waals surface area contributed by atoms with Crippen molar-refractivity contribution >= 4 is 0 Å². The fourth-order valence-electron chi connectivity index (χ4n) is 2.76. The molecule has 0 unspecified atom stereocenters. The Morgan fingerprint density at radius 2 is 1.12 bits per heavy atom. The zero-order valence-corrected chi connectivity index (χ0v) is 16.9. The van der Waals surface area contributed by atoms with Crippen molar-refractivity contribution in [2.45, 2.75) is 45.4 Å². The molecule has 1 aliphatic heterocycles. The van der Waals surface area contributed by atoms with Crippen LogP contribution in [0.3, 0.4) is 0 Å². The maximum Gasteiger partial charge on any atom is 0.0701 e. The molecule has 0 spiro atoms. The smallest absolute Gasteiger partial charge is 0.0701 e. The van der Waals surface area contributed by atoms with Crippen molar-refractivity contribution in [3.8, 4) is 0 Å². The van der Waals surface area contributed by atoms with Crippen molar-refractivity contribution in [1.29, 1.82) is 0 Å².